The van der Waals surface area contributed by atoms with E-state index in [1.54, 1.807) is 24.3 Å². The minimum Gasteiger partial charge on any atom is -0.350 e. The van der Waals surface area contributed by atoms with Crippen molar-refractivity contribution < 1.29 is 9.59 Å². The zero-order chi connectivity index (χ0) is 19.2. The molecule has 2 N–H and O–H groups in total. The Labute approximate surface area is 168 Å². The number of nitrogens with one attached hydrogen (secondary N) is 2. The van der Waals surface area contributed by atoms with Gasteiger partial charge in [-0.15, -0.1) is 0 Å². The zero-order valence-electron chi connectivity index (χ0n) is 14.8. The summed E-state index contributed by atoms with van der Waals surface area (Å²) in [5.41, 5.74) is 1.63. The summed E-state index contributed by atoms with van der Waals surface area (Å²) in [6, 6.07) is 14.5. The van der Waals surface area contributed by atoms with Crippen molar-refractivity contribution >= 4 is 35.0 Å². The van der Waals surface area contributed by atoms with Crippen molar-refractivity contribution in [1.29, 1.82) is 0 Å². The largest absolute Gasteiger partial charge is 0.350 e. The van der Waals surface area contributed by atoms with Crippen LogP contribution in [-0.4, -0.2) is 42.4 Å². The lowest BCUT2D eigenvalue weighted by Crippen LogP contribution is -2.43. The Morgan fingerprint density at radius 1 is 1.07 bits per heavy atom. The third-order valence-electron chi connectivity index (χ3n) is 4.45. The van der Waals surface area contributed by atoms with E-state index in [9.17, 15) is 9.59 Å². The summed E-state index contributed by atoms with van der Waals surface area (Å²) in [7, 11) is 0. The zero-order valence-corrected chi connectivity index (χ0v) is 16.3. The van der Waals surface area contributed by atoms with Gasteiger partial charge in [0, 0.05) is 41.3 Å². The van der Waals surface area contributed by atoms with E-state index in [4.69, 9.17) is 23.2 Å². The van der Waals surface area contributed by atoms with E-state index in [1.807, 2.05) is 24.3 Å². The van der Waals surface area contributed by atoms with Crippen LogP contribution in [-0.2, 0) is 11.3 Å². The fourth-order valence-electron chi connectivity index (χ4n) is 3.11. The van der Waals surface area contributed by atoms with Crippen LogP contribution in [0, 0.1) is 0 Å². The number of amides is 2. The van der Waals surface area contributed by atoms with Gasteiger partial charge in [-0.1, -0.05) is 41.4 Å². The molecule has 3 rings (SSSR count). The summed E-state index contributed by atoms with van der Waals surface area (Å²) < 4.78 is 0. The number of carbonyl (C=O) groups excluding carboxylic acids is 2. The molecule has 0 aromatic heterocycles. The van der Waals surface area contributed by atoms with Crippen molar-refractivity contribution in [2.45, 2.75) is 19.0 Å². The topological polar surface area (TPSA) is 61.4 Å². The second-order valence-electron chi connectivity index (χ2n) is 6.61. The van der Waals surface area contributed by atoms with Gasteiger partial charge in [0.05, 0.1) is 6.54 Å². The molecule has 7 heteroatoms. The monoisotopic (exact) mass is 405 g/mol. The number of nitrogens with zero attached hydrogens (tertiary/aromatic N) is 1. The first-order chi connectivity index (χ1) is 13.0. The molecule has 0 saturated carbocycles. The molecule has 0 spiro atoms. The molecule has 2 aromatic rings. The highest BCUT2D eigenvalue weighted by molar-refractivity contribution is 6.31. The van der Waals surface area contributed by atoms with Crippen LogP contribution in [0.5, 0.6) is 0 Å². The van der Waals surface area contributed by atoms with Gasteiger partial charge in [-0.3, -0.25) is 14.5 Å². The second-order valence-corrected chi connectivity index (χ2v) is 7.48. The number of likely N-dealkylation sites (tertiary alicyclic amines) is 1. The number of halogens is 2. The molecule has 1 heterocycles. The number of benzene rings is 2. The SMILES string of the molecule is O=C(CNC(=O)c1cccc(Cl)c1)N[C@@H]1CCN(Cc2ccc(Cl)cc2)C1. The van der Waals surface area contributed by atoms with Gasteiger partial charge in [0.1, 0.15) is 0 Å². The predicted molar refractivity (Wildman–Crippen MR) is 107 cm³/mol. The fourth-order valence-corrected chi connectivity index (χ4v) is 3.43. The quantitative estimate of drug-likeness (QED) is 0.775. The third-order valence-corrected chi connectivity index (χ3v) is 4.94. The predicted octanol–water partition coefficient (Wildman–Crippen LogP) is 3.11. The Hall–Kier alpha value is -2.08. The number of hydrogen-bond acceptors (Lipinski definition) is 3. The van der Waals surface area contributed by atoms with Gasteiger partial charge >= 0.3 is 0 Å². The van der Waals surface area contributed by atoms with Gasteiger partial charge in [-0.25, -0.2) is 0 Å². The molecule has 0 aliphatic carbocycles. The normalized spacial score (nSPS) is 16.9. The van der Waals surface area contributed by atoms with Crippen LogP contribution in [0.1, 0.15) is 22.3 Å². The first-order valence-electron chi connectivity index (χ1n) is 8.79. The second kappa shape index (κ2) is 9.22. The van der Waals surface area contributed by atoms with Crippen molar-refractivity contribution in [2.24, 2.45) is 0 Å². The third kappa shape index (κ3) is 5.96. The summed E-state index contributed by atoms with van der Waals surface area (Å²) in [6.45, 7) is 2.48. The molecule has 1 aliphatic rings. The Kier molecular flexibility index (Phi) is 6.72. The van der Waals surface area contributed by atoms with Gasteiger partial charge in [-0.2, -0.15) is 0 Å². The minimum atomic E-state index is -0.316. The summed E-state index contributed by atoms with van der Waals surface area (Å²) in [4.78, 5) is 26.5. The first-order valence-corrected chi connectivity index (χ1v) is 9.55. The average Bonchev–Trinajstić information content (AvgIpc) is 3.08. The Bertz CT molecular complexity index is 811. The van der Waals surface area contributed by atoms with Crippen LogP contribution < -0.4 is 10.6 Å². The molecule has 2 aromatic carbocycles. The maximum atomic E-state index is 12.1. The highest BCUT2D eigenvalue weighted by atomic mass is 35.5. The van der Waals surface area contributed by atoms with Crippen LogP contribution in [0.15, 0.2) is 48.5 Å². The Balaban J connectivity index is 1.41. The van der Waals surface area contributed by atoms with Gasteiger partial charge in [0.2, 0.25) is 5.91 Å². The first kappa shape index (κ1) is 19.7. The van der Waals surface area contributed by atoms with Gasteiger partial charge in [0.15, 0.2) is 0 Å². The molecular formula is C20H21Cl2N3O2. The lowest BCUT2D eigenvalue weighted by molar-refractivity contribution is -0.120. The number of carbonyl (C=O) groups is 2. The smallest absolute Gasteiger partial charge is 0.251 e. The summed E-state index contributed by atoms with van der Waals surface area (Å²) >= 11 is 11.8. The van der Waals surface area contributed by atoms with Crippen molar-refractivity contribution in [3.63, 3.8) is 0 Å². The molecule has 1 saturated heterocycles. The van der Waals surface area contributed by atoms with Gasteiger partial charge in [-0.05, 0) is 42.3 Å². The van der Waals surface area contributed by atoms with Gasteiger partial charge < -0.3 is 10.6 Å². The van der Waals surface area contributed by atoms with Crippen LogP contribution in [0.3, 0.4) is 0 Å². The van der Waals surface area contributed by atoms with E-state index in [0.29, 0.717) is 10.6 Å². The maximum absolute atomic E-state index is 12.1. The molecular weight excluding hydrogens is 385 g/mol. The Morgan fingerprint density at radius 2 is 1.85 bits per heavy atom. The van der Waals surface area contributed by atoms with Crippen LogP contribution in [0.25, 0.3) is 0 Å². The molecule has 5 nitrogen and oxygen atoms in total. The van der Waals surface area contributed by atoms with E-state index in [1.165, 1.54) is 5.56 Å². The summed E-state index contributed by atoms with van der Waals surface area (Å²) in [5.74, 6) is -0.507. The lowest BCUT2D eigenvalue weighted by Gasteiger charge is -2.17. The molecule has 0 radical (unpaired) electrons. The molecule has 0 bridgehead atoms. The van der Waals surface area contributed by atoms with Crippen molar-refractivity contribution in [1.82, 2.24) is 15.5 Å². The number of hydrogen-bond donors (Lipinski definition) is 2. The van der Waals surface area contributed by atoms with E-state index < -0.39 is 0 Å². The van der Waals surface area contributed by atoms with Crippen molar-refractivity contribution in [3.8, 4) is 0 Å². The minimum absolute atomic E-state index is 0.0565. The van der Waals surface area contributed by atoms with E-state index in [0.717, 1.165) is 31.1 Å². The Morgan fingerprint density at radius 3 is 2.59 bits per heavy atom. The van der Waals surface area contributed by atoms with E-state index >= 15 is 0 Å². The highest BCUT2D eigenvalue weighted by Crippen LogP contribution is 2.16. The van der Waals surface area contributed by atoms with Crippen molar-refractivity contribution in [3.05, 3.63) is 69.7 Å². The molecule has 1 atom stereocenters. The van der Waals surface area contributed by atoms with Crippen LogP contribution >= 0.6 is 23.2 Å². The lowest BCUT2D eigenvalue weighted by atomic mass is 10.2. The van der Waals surface area contributed by atoms with Crippen LogP contribution in [0.4, 0.5) is 0 Å². The summed E-state index contributed by atoms with van der Waals surface area (Å²) in [6.07, 6.45) is 0.890. The van der Waals surface area contributed by atoms with Gasteiger partial charge in [0.25, 0.3) is 5.91 Å². The average molecular weight is 406 g/mol. The molecule has 0 unspecified atom stereocenters. The molecule has 1 fully saturated rings. The van der Waals surface area contributed by atoms with E-state index in [2.05, 4.69) is 15.5 Å². The van der Waals surface area contributed by atoms with Crippen LogP contribution in [0.2, 0.25) is 10.0 Å². The molecule has 142 valence electrons. The standard InChI is InChI=1S/C20H21Cl2N3O2/c21-16-6-4-14(5-7-16)12-25-9-8-18(13-25)24-19(26)11-23-20(27)15-2-1-3-17(22)10-15/h1-7,10,18H,8-9,11-13H2,(H,23,27)(H,24,26)/t18-/m1/s1. The number of rotatable bonds is 6. The highest BCUT2D eigenvalue weighted by Gasteiger charge is 2.23. The molecule has 1 aliphatic heterocycles. The maximum Gasteiger partial charge on any atom is 0.251 e. The van der Waals surface area contributed by atoms with Crippen molar-refractivity contribution in [2.75, 3.05) is 19.6 Å². The summed E-state index contributed by atoms with van der Waals surface area (Å²) in [5, 5.41) is 6.81. The molecule has 2 amide bonds. The molecule has 27 heavy (non-hydrogen) atoms. The fraction of sp³-hybridized carbons (Fsp3) is 0.300. The van der Waals surface area contributed by atoms with E-state index in [-0.39, 0.29) is 24.4 Å².